The van der Waals surface area contributed by atoms with E-state index in [9.17, 15) is 22.8 Å². The van der Waals surface area contributed by atoms with Gasteiger partial charge in [0.2, 0.25) is 5.91 Å². The lowest BCUT2D eigenvalue weighted by molar-refractivity contribution is -0.274. The summed E-state index contributed by atoms with van der Waals surface area (Å²) in [6.45, 7) is 0.679. The van der Waals surface area contributed by atoms with Gasteiger partial charge in [-0.15, -0.1) is 13.2 Å². The van der Waals surface area contributed by atoms with Gasteiger partial charge < -0.3 is 20.3 Å². The molecule has 1 fully saturated rings. The first kappa shape index (κ1) is 21.5. The number of ether oxygens (including phenoxy) is 1. The minimum Gasteiger partial charge on any atom is -0.405 e. The number of rotatable bonds is 5. The summed E-state index contributed by atoms with van der Waals surface area (Å²) in [6.07, 6.45) is -3.78. The summed E-state index contributed by atoms with van der Waals surface area (Å²) < 4.78 is 41.5. The molecule has 1 heterocycles. The Morgan fingerprint density at radius 3 is 2.30 bits per heavy atom. The van der Waals surface area contributed by atoms with Crippen LogP contribution in [0.25, 0.3) is 0 Å². The molecule has 0 aromatic heterocycles. The number of piperidine rings is 1. The first-order chi connectivity index (χ1) is 14.3. The van der Waals surface area contributed by atoms with Gasteiger partial charge in [0.1, 0.15) is 5.75 Å². The molecule has 160 valence electrons. The van der Waals surface area contributed by atoms with Crippen LogP contribution in [0.15, 0.2) is 54.6 Å². The highest BCUT2D eigenvalue weighted by molar-refractivity contribution is 5.92. The molecule has 0 radical (unpaired) electrons. The van der Waals surface area contributed by atoms with Gasteiger partial charge in [-0.3, -0.25) is 4.79 Å². The van der Waals surface area contributed by atoms with Crippen molar-refractivity contribution in [3.8, 4) is 5.75 Å². The van der Waals surface area contributed by atoms with E-state index >= 15 is 0 Å². The maximum atomic E-state index is 12.5. The van der Waals surface area contributed by atoms with E-state index in [0.717, 1.165) is 5.69 Å². The maximum Gasteiger partial charge on any atom is 0.573 e. The zero-order valence-electron chi connectivity index (χ0n) is 16.1. The normalized spacial score (nSPS) is 14.8. The molecule has 0 bridgehead atoms. The summed E-state index contributed by atoms with van der Waals surface area (Å²) in [5, 5.41) is 5.48. The SMILES string of the molecule is O=C(Nc1ccccc1)C1CCN(C(=O)NCc2ccccc2OC(F)(F)F)CC1. The molecule has 0 spiro atoms. The number of halogens is 3. The number of hydrogen-bond donors (Lipinski definition) is 2. The lowest BCUT2D eigenvalue weighted by atomic mass is 9.96. The van der Waals surface area contributed by atoms with Crippen LogP contribution in [0.3, 0.4) is 0 Å². The number of urea groups is 1. The molecule has 1 aliphatic heterocycles. The Bertz CT molecular complexity index is 867. The number of alkyl halides is 3. The molecule has 1 saturated heterocycles. The number of nitrogens with zero attached hydrogens (tertiary/aromatic N) is 1. The lowest BCUT2D eigenvalue weighted by Gasteiger charge is -2.31. The monoisotopic (exact) mass is 421 g/mol. The highest BCUT2D eigenvalue weighted by Gasteiger charge is 2.32. The number of amides is 3. The number of hydrogen-bond acceptors (Lipinski definition) is 3. The molecule has 0 saturated carbocycles. The van der Waals surface area contributed by atoms with Gasteiger partial charge in [-0.05, 0) is 31.0 Å². The number of nitrogens with one attached hydrogen (secondary N) is 2. The molecule has 0 aliphatic carbocycles. The smallest absolute Gasteiger partial charge is 0.405 e. The van der Waals surface area contributed by atoms with Crippen molar-refractivity contribution in [2.45, 2.75) is 25.7 Å². The summed E-state index contributed by atoms with van der Waals surface area (Å²) in [7, 11) is 0. The van der Waals surface area contributed by atoms with E-state index in [2.05, 4.69) is 15.4 Å². The van der Waals surface area contributed by atoms with Crippen molar-refractivity contribution >= 4 is 17.6 Å². The quantitative estimate of drug-likeness (QED) is 0.762. The van der Waals surface area contributed by atoms with Crippen LogP contribution in [0, 0.1) is 5.92 Å². The minimum atomic E-state index is -4.80. The Morgan fingerprint density at radius 1 is 1.00 bits per heavy atom. The Kier molecular flexibility index (Phi) is 6.81. The van der Waals surface area contributed by atoms with Crippen molar-refractivity contribution in [1.29, 1.82) is 0 Å². The highest BCUT2D eigenvalue weighted by atomic mass is 19.4. The Hall–Kier alpha value is -3.23. The van der Waals surface area contributed by atoms with E-state index in [0.29, 0.717) is 25.9 Å². The van der Waals surface area contributed by atoms with Gasteiger partial charge in [0.15, 0.2) is 0 Å². The third-order valence-electron chi connectivity index (χ3n) is 4.82. The number of anilines is 1. The van der Waals surface area contributed by atoms with Crippen molar-refractivity contribution in [3.05, 3.63) is 60.2 Å². The Labute approximate surface area is 172 Å². The number of para-hydroxylation sites is 2. The standard InChI is InChI=1S/C21H22F3N3O3/c22-21(23,24)30-18-9-5-4-6-16(18)14-25-20(29)27-12-10-15(11-13-27)19(28)26-17-7-2-1-3-8-17/h1-9,15H,10-14H2,(H,25,29)(H,26,28). The molecule has 2 aromatic rings. The van der Waals surface area contributed by atoms with Crippen molar-refractivity contribution in [1.82, 2.24) is 10.2 Å². The molecule has 2 aromatic carbocycles. The summed E-state index contributed by atoms with van der Waals surface area (Å²) in [5.41, 5.74) is 0.947. The molecule has 9 heteroatoms. The predicted molar refractivity (Wildman–Crippen MR) is 105 cm³/mol. The fraction of sp³-hybridized carbons (Fsp3) is 0.333. The van der Waals surface area contributed by atoms with Crippen LogP contribution in [0.1, 0.15) is 18.4 Å². The summed E-state index contributed by atoms with van der Waals surface area (Å²) in [4.78, 5) is 26.3. The molecule has 3 amide bonds. The van der Waals surface area contributed by atoms with Gasteiger partial charge in [-0.2, -0.15) is 0 Å². The molecule has 0 unspecified atom stereocenters. The van der Waals surface area contributed by atoms with E-state index in [1.54, 1.807) is 23.1 Å². The van der Waals surface area contributed by atoms with Gasteiger partial charge in [0.25, 0.3) is 0 Å². The van der Waals surface area contributed by atoms with E-state index in [-0.39, 0.29) is 29.7 Å². The third kappa shape index (κ3) is 6.13. The van der Waals surface area contributed by atoms with Gasteiger partial charge in [0, 0.05) is 36.8 Å². The van der Waals surface area contributed by atoms with E-state index in [4.69, 9.17) is 0 Å². The largest absolute Gasteiger partial charge is 0.573 e. The van der Waals surface area contributed by atoms with Crippen LogP contribution < -0.4 is 15.4 Å². The number of likely N-dealkylation sites (tertiary alicyclic amines) is 1. The summed E-state index contributed by atoms with van der Waals surface area (Å²) in [6, 6.07) is 14.4. The van der Waals surface area contributed by atoms with E-state index in [1.165, 1.54) is 18.2 Å². The zero-order chi connectivity index (χ0) is 21.6. The van der Waals surface area contributed by atoms with Crippen molar-refractivity contribution in [2.75, 3.05) is 18.4 Å². The molecule has 6 nitrogen and oxygen atoms in total. The summed E-state index contributed by atoms with van der Waals surface area (Å²) >= 11 is 0. The second-order valence-electron chi connectivity index (χ2n) is 6.93. The average molecular weight is 421 g/mol. The minimum absolute atomic E-state index is 0.0838. The molecule has 2 N–H and O–H groups in total. The maximum absolute atomic E-state index is 12.5. The molecule has 1 aliphatic rings. The van der Waals surface area contributed by atoms with Crippen LogP contribution in [0.2, 0.25) is 0 Å². The predicted octanol–water partition coefficient (Wildman–Crippen LogP) is 4.15. The second kappa shape index (κ2) is 9.51. The van der Waals surface area contributed by atoms with Gasteiger partial charge in [-0.1, -0.05) is 36.4 Å². The summed E-state index contributed by atoms with van der Waals surface area (Å²) in [5.74, 6) is -0.628. The van der Waals surface area contributed by atoms with E-state index < -0.39 is 12.4 Å². The van der Waals surface area contributed by atoms with Crippen LogP contribution >= 0.6 is 0 Å². The molecular weight excluding hydrogens is 399 g/mol. The van der Waals surface area contributed by atoms with Crippen LogP contribution in [0.4, 0.5) is 23.7 Å². The van der Waals surface area contributed by atoms with Gasteiger partial charge >= 0.3 is 12.4 Å². The van der Waals surface area contributed by atoms with Crippen LogP contribution in [-0.4, -0.2) is 36.3 Å². The first-order valence-electron chi connectivity index (χ1n) is 9.54. The second-order valence-corrected chi connectivity index (χ2v) is 6.93. The fourth-order valence-electron chi connectivity index (χ4n) is 3.27. The fourth-order valence-corrected chi connectivity index (χ4v) is 3.27. The lowest BCUT2D eigenvalue weighted by Crippen LogP contribution is -2.45. The molecular formula is C21H22F3N3O3. The third-order valence-corrected chi connectivity index (χ3v) is 4.82. The molecule has 3 rings (SSSR count). The Morgan fingerprint density at radius 2 is 1.63 bits per heavy atom. The van der Waals surface area contributed by atoms with Crippen LogP contribution in [0.5, 0.6) is 5.75 Å². The molecule has 0 atom stereocenters. The van der Waals surface area contributed by atoms with Gasteiger partial charge in [-0.25, -0.2) is 4.79 Å². The van der Waals surface area contributed by atoms with Crippen molar-refractivity contribution in [3.63, 3.8) is 0 Å². The average Bonchev–Trinajstić information content (AvgIpc) is 2.72. The van der Waals surface area contributed by atoms with Crippen LogP contribution in [-0.2, 0) is 11.3 Å². The topological polar surface area (TPSA) is 70.7 Å². The molecule has 30 heavy (non-hydrogen) atoms. The number of carbonyl (C=O) groups is 2. The van der Waals surface area contributed by atoms with E-state index in [1.807, 2.05) is 18.2 Å². The van der Waals surface area contributed by atoms with Crippen molar-refractivity contribution in [2.24, 2.45) is 5.92 Å². The highest BCUT2D eigenvalue weighted by Crippen LogP contribution is 2.26. The van der Waals surface area contributed by atoms with Gasteiger partial charge in [0.05, 0.1) is 0 Å². The number of carbonyl (C=O) groups excluding carboxylic acids is 2. The Balaban J connectivity index is 1.47. The number of benzene rings is 2. The van der Waals surface area contributed by atoms with Crippen molar-refractivity contribution < 1.29 is 27.5 Å². The first-order valence-corrected chi connectivity index (χ1v) is 9.54. The zero-order valence-corrected chi connectivity index (χ0v) is 16.1.